The highest BCUT2D eigenvalue weighted by atomic mass is 35.5. The topological polar surface area (TPSA) is 94.2 Å². The van der Waals surface area contributed by atoms with Gasteiger partial charge in [0.1, 0.15) is 22.1 Å². The lowest BCUT2D eigenvalue weighted by atomic mass is 9.98. The first-order valence-corrected chi connectivity index (χ1v) is 11.5. The molecule has 0 spiro atoms. The van der Waals surface area contributed by atoms with Gasteiger partial charge in [0.2, 0.25) is 15.9 Å². The van der Waals surface area contributed by atoms with Crippen LogP contribution in [0.5, 0.6) is 17.2 Å². The zero-order chi connectivity index (χ0) is 22.6. The fourth-order valence-electron chi connectivity index (χ4n) is 3.51. The average molecular weight is 469 g/mol. The largest absolute Gasteiger partial charge is 0.497 e. The molecule has 0 aromatic heterocycles. The van der Waals surface area contributed by atoms with Gasteiger partial charge in [-0.25, -0.2) is 8.42 Å². The summed E-state index contributed by atoms with van der Waals surface area (Å²) in [6, 6.07) is 9.51. The van der Waals surface area contributed by atoms with Crippen molar-refractivity contribution < 1.29 is 27.4 Å². The summed E-state index contributed by atoms with van der Waals surface area (Å²) in [6.07, 6.45) is 1.12. The monoisotopic (exact) mass is 468 g/mol. The molecular weight excluding hydrogens is 444 g/mol. The Kier molecular flexibility index (Phi) is 7.30. The molecule has 2 aromatic carbocycles. The number of hydrogen-bond acceptors (Lipinski definition) is 6. The van der Waals surface area contributed by atoms with Crippen molar-refractivity contribution in [2.45, 2.75) is 17.7 Å². The second kappa shape index (κ2) is 9.76. The van der Waals surface area contributed by atoms with Crippen LogP contribution >= 0.6 is 11.6 Å². The number of rotatable bonds is 7. The number of nitrogens with one attached hydrogen (secondary N) is 1. The standard InChI is InChI=1S/C21H25ClN2O6S/c1-28-16-7-9-18(29-2)17(12-16)23-21(25)14-5-4-10-24(13-14)31(26,27)20-11-15(22)6-8-19(20)30-3/h6-9,11-12,14H,4-5,10,13H2,1-3H3,(H,23,25)/t14-/m1/s1. The molecule has 1 amide bonds. The summed E-state index contributed by atoms with van der Waals surface area (Å²) in [5.74, 6) is 0.446. The molecule has 0 aliphatic carbocycles. The summed E-state index contributed by atoms with van der Waals surface area (Å²) in [5, 5.41) is 3.13. The van der Waals surface area contributed by atoms with Crippen molar-refractivity contribution >= 4 is 33.2 Å². The van der Waals surface area contributed by atoms with Gasteiger partial charge in [-0.15, -0.1) is 0 Å². The minimum Gasteiger partial charge on any atom is -0.497 e. The van der Waals surface area contributed by atoms with E-state index < -0.39 is 15.9 Å². The van der Waals surface area contributed by atoms with Crippen molar-refractivity contribution in [1.82, 2.24) is 4.31 Å². The van der Waals surface area contributed by atoms with Gasteiger partial charge < -0.3 is 19.5 Å². The van der Waals surface area contributed by atoms with Gasteiger partial charge in [-0.05, 0) is 43.2 Å². The summed E-state index contributed by atoms with van der Waals surface area (Å²) in [7, 11) is 0.542. The molecule has 1 saturated heterocycles. The van der Waals surface area contributed by atoms with Gasteiger partial charge >= 0.3 is 0 Å². The Hall–Kier alpha value is -2.49. The first-order chi connectivity index (χ1) is 14.8. The summed E-state index contributed by atoms with van der Waals surface area (Å²) in [4.78, 5) is 12.9. The maximum absolute atomic E-state index is 13.2. The predicted octanol–water partition coefficient (Wildman–Crippen LogP) is 3.41. The van der Waals surface area contributed by atoms with Crippen molar-refractivity contribution in [3.05, 3.63) is 41.4 Å². The molecule has 0 radical (unpaired) electrons. The van der Waals surface area contributed by atoms with Crippen LogP contribution in [0.2, 0.25) is 5.02 Å². The lowest BCUT2D eigenvalue weighted by Crippen LogP contribution is -2.43. The molecule has 3 rings (SSSR count). The van der Waals surface area contributed by atoms with Crippen molar-refractivity contribution in [2.24, 2.45) is 5.92 Å². The number of sulfonamides is 1. The van der Waals surface area contributed by atoms with E-state index in [2.05, 4.69) is 5.32 Å². The van der Waals surface area contributed by atoms with Crippen molar-refractivity contribution in [2.75, 3.05) is 39.7 Å². The van der Waals surface area contributed by atoms with E-state index in [4.69, 9.17) is 25.8 Å². The summed E-state index contributed by atoms with van der Waals surface area (Å²) in [6.45, 7) is 0.361. The first kappa shape index (κ1) is 23.2. The molecular formula is C21H25ClN2O6S. The smallest absolute Gasteiger partial charge is 0.246 e. The lowest BCUT2D eigenvalue weighted by molar-refractivity contribution is -0.120. The van der Waals surface area contributed by atoms with Gasteiger partial charge in [0.25, 0.3) is 0 Å². The highest BCUT2D eigenvalue weighted by Crippen LogP contribution is 2.33. The van der Waals surface area contributed by atoms with Crippen molar-refractivity contribution in [3.63, 3.8) is 0 Å². The number of halogens is 1. The fraction of sp³-hybridized carbons (Fsp3) is 0.381. The van der Waals surface area contributed by atoms with E-state index in [-0.39, 0.29) is 28.1 Å². The van der Waals surface area contributed by atoms with Crippen LogP contribution in [-0.4, -0.2) is 53.0 Å². The molecule has 1 atom stereocenters. The summed E-state index contributed by atoms with van der Waals surface area (Å²) in [5.41, 5.74) is 0.461. The van der Waals surface area contributed by atoms with Gasteiger partial charge in [0.15, 0.2) is 0 Å². The molecule has 1 aliphatic rings. The zero-order valence-corrected chi connectivity index (χ0v) is 19.1. The number of carbonyl (C=O) groups is 1. The normalized spacial score (nSPS) is 17.1. The third-order valence-electron chi connectivity index (χ3n) is 5.16. The number of piperidine rings is 1. The summed E-state index contributed by atoms with van der Waals surface area (Å²) < 4.78 is 43.5. The SMILES string of the molecule is COc1ccc(OC)c(NC(=O)[C@@H]2CCCN(S(=O)(=O)c3cc(Cl)ccc3OC)C2)c1. The Morgan fingerprint density at radius 2 is 1.77 bits per heavy atom. The molecule has 1 heterocycles. The summed E-state index contributed by atoms with van der Waals surface area (Å²) >= 11 is 6.02. The molecule has 168 valence electrons. The first-order valence-electron chi connectivity index (χ1n) is 9.66. The molecule has 31 heavy (non-hydrogen) atoms. The molecule has 0 bridgehead atoms. The number of carbonyl (C=O) groups excluding carboxylic acids is 1. The Morgan fingerprint density at radius 3 is 2.45 bits per heavy atom. The minimum atomic E-state index is -3.89. The zero-order valence-electron chi connectivity index (χ0n) is 17.6. The Balaban J connectivity index is 1.81. The van der Waals surface area contributed by atoms with E-state index >= 15 is 0 Å². The fourth-order valence-corrected chi connectivity index (χ4v) is 5.45. The van der Waals surface area contributed by atoms with E-state index in [1.807, 2.05) is 0 Å². The number of amides is 1. The van der Waals surface area contributed by atoms with Gasteiger partial charge in [0.05, 0.1) is 32.9 Å². The van der Waals surface area contributed by atoms with Crippen LogP contribution in [0.25, 0.3) is 0 Å². The average Bonchev–Trinajstić information content (AvgIpc) is 2.79. The molecule has 0 saturated carbocycles. The maximum atomic E-state index is 13.2. The third kappa shape index (κ3) is 5.06. The van der Waals surface area contributed by atoms with Gasteiger partial charge in [0, 0.05) is 24.2 Å². The Morgan fingerprint density at radius 1 is 1.06 bits per heavy atom. The van der Waals surface area contributed by atoms with Crippen LogP contribution in [0.3, 0.4) is 0 Å². The van der Waals surface area contributed by atoms with Crippen LogP contribution in [0.15, 0.2) is 41.3 Å². The molecule has 1 fully saturated rings. The van der Waals surface area contributed by atoms with Crippen LogP contribution in [-0.2, 0) is 14.8 Å². The number of anilines is 1. The molecule has 8 nitrogen and oxygen atoms in total. The second-order valence-electron chi connectivity index (χ2n) is 7.05. The Labute approximate surface area is 187 Å². The van der Waals surface area contributed by atoms with E-state index in [1.165, 1.54) is 37.8 Å². The quantitative estimate of drug-likeness (QED) is 0.669. The van der Waals surface area contributed by atoms with Crippen molar-refractivity contribution in [1.29, 1.82) is 0 Å². The number of hydrogen-bond donors (Lipinski definition) is 1. The van der Waals surface area contributed by atoms with Gasteiger partial charge in [-0.2, -0.15) is 4.31 Å². The molecule has 0 unspecified atom stereocenters. The third-order valence-corrected chi connectivity index (χ3v) is 7.28. The number of benzene rings is 2. The van der Waals surface area contributed by atoms with E-state index in [0.29, 0.717) is 36.6 Å². The van der Waals surface area contributed by atoms with Gasteiger partial charge in [-0.1, -0.05) is 11.6 Å². The van der Waals surface area contributed by atoms with Gasteiger partial charge in [-0.3, -0.25) is 4.79 Å². The van der Waals surface area contributed by atoms with Crippen LogP contribution in [0, 0.1) is 5.92 Å². The number of nitrogens with zero attached hydrogens (tertiary/aromatic N) is 1. The lowest BCUT2D eigenvalue weighted by Gasteiger charge is -2.31. The number of ether oxygens (including phenoxy) is 3. The van der Waals surface area contributed by atoms with E-state index in [0.717, 1.165) is 0 Å². The van der Waals surface area contributed by atoms with E-state index in [9.17, 15) is 13.2 Å². The molecule has 1 N–H and O–H groups in total. The molecule has 1 aliphatic heterocycles. The molecule has 2 aromatic rings. The Bertz CT molecular complexity index is 1060. The predicted molar refractivity (Wildman–Crippen MR) is 118 cm³/mol. The van der Waals surface area contributed by atoms with Crippen molar-refractivity contribution in [3.8, 4) is 17.2 Å². The molecule has 10 heteroatoms. The highest BCUT2D eigenvalue weighted by molar-refractivity contribution is 7.89. The van der Waals surface area contributed by atoms with Crippen LogP contribution in [0.1, 0.15) is 12.8 Å². The van der Waals surface area contributed by atoms with E-state index in [1.54, 1.807) is 24.3 Å². The van der Waals surface area contributed by atoms with Crippen LogP contribution < -0.4 is 19.5 Å². The minimum absolute atomic E-state index is 0.0157. The number of methoxy groups -OCH3 is 3. The highest BCUT2D eigenvalue weighted by Gasteiger charge is 2.35. The second-order valence-corrected chi connectivity index (χ2v) is 9.40. The maximum Gasteiger partial charge on any atom is 0.246 e. The van der Waals surface area contributed by atoms with Crippen LogP contribution in [0.4, 0.5) is 5.69 Å².